The predicted octanol–water partition coefficient (Wildman–Crippen LogP) is 2.84. The van der Waals surface area contributed by atoms with Crippen LogP contribution in [0.2, 0.25) is 0 Å². The number of rotatable bonds is 4. The van der Waals surface area contributed by atoms with Gasteiger partial charge in [0.1, 0.15) is 0 Å². The maximum atomic E-state index is 11.9. The van der Waals surface area contributed by atoms with Crippen molar-refractivity contribution in [3.63, 3.8) is 0 Å². The van der Waals surface area contributed by atoms with Gasteiger partial charge in [-0.3, -0.25) is 9.89 Å². The first-order valence-corrected chi connectivity index (χ1v) is 6.57. The Labute approximate surface area is 110 Å². The minimum Gasteiger partial charge on any atom is -0.308 e. The van der Waals surface area contributed by atoms with E-state index in [9.17, 15) is 4.79 Å². The number of anilines is 1. The maximum absolute atomic E-state index is 11.9. The van der Waals surface area contributed by atoms with Crippen molar-refractivity contribution in [2.45, 2.75) is 24.0 Å². The number of amides is 1. The van der Waals surface area contributed by atoms with E-state index in [-0.39, 0.29) is 11.2 Å². The number of benzene rings is 1. The molecule has 1 aromatic carbocycles. The minimum atomic E-state index is -0.163. The molecule has 0 saturated heterocycles. The number of aromatic amines is 1. The van der Waals surface area contributed by atoms with Gasteiger partial charge < -0.3 is 5.32 Å². The number of hydrogen-bond donors (Lipinski definition) is 2. The summed E-state index contributed by atoms with van der Waals surface area (Å²) in [5.41, 5.74) is 1.22. The monoisotopic (exact) mass is 261 g/mol. The topological polar surface area (TPSA) is 57.8 Å². The van der Waals surface area contributed by atoms with Crippen molar-refractivity contribution in [2.24, 2.45) is 0 Å². The van der Waals surface area contributed by atoms with Crippen LogP contribution < -0.4 is 5.32 Å². The standard InChI is InChI=1S/C13H15N3OS/c1-9-3-5-11(6-4-9)18-10(2)13(17)15-12-7-8-14-16-12/h3-8,10H,1-2H3,(H2,14,15,16,17). The average molecular weight is 261 g/mol. The molecule has 1 atom stereocenters. The number of carbonyl (C=O) groups is 1. The summed E-state index contributed by atoms with van der Waals surface area (Å²) in [6.45, 7) is 3.93. The molecule has 94 valence electrons. The fraction of sp³-hybridized carbons (Fsp3) is 0.231. The third-order valence-corrected chi connectivity index (χ3v) is 3.57. The predicted molar refractivity (Wildman–Crippen MR) is 73.7 cm³/mol. The van der Waals surface area contributed by atoms with Crippen LogP contribution in [0, 0.1) is 6.92 Å². The first-order chi connectivity index (χ1) is 8.65. The van der Waals surface area contributed by atoms with Gasteiger partial charge in [0.2, 0.25) is 5.91 Å². The molecule has 0 aliphatic heterocycles. The van der Waals surface area contributed by atoms with Gasteiger partial charge in [0, 0.05) is 17.2 Å². The van der Waals surface area contributed by atoms with Gasteiger partial charge in [-0.1, -0.05) is 17.7 Å². The summed E-state index contributed by atoms with van der Waals surface area (Å²) in [5.74, 6) is 0.504. The van der Waals surface area contributed by atoms with Gasteiger partial charge in [0.25, 0.3) is 0 Å². The molecule has 1 unspecified atom stereocenters. The zero-order chi connectivity index (χ0) is 13.0. The third-order valence-electron chi connectivity index (χ3n) is 2.46. The summed E-state index contributed by atoms with van der Waals surface area (Å²) in [7, 11) is 0. The number of aryl methyl sites for hydroxylation is 1. The maximum Gasteiger partial charge on any atom is 0.238 e. The van der Waals surface area contributed by atoms with E-state index in [1.807, 2.05) is 38.1 Å². The zero-order valence-electron chi connectivity index (χ0n) is 10.3. The number of hydrogen-bond acceptors (Lipinski definition) is 3. The fourth-order valence-electron chi connectivity index (χ4n) is 1.43. The highest BCUT2D eigenvalue weighted by Crippen LogP contribution is 2.24. The SMILES string of the molecule is Cc1ccc(SC(C)C(=O)Nc2cc[nH]n2)cc1. The Morgan fingerprint density at radius 2 is 2.06 bits per heavy atom. The van der Waals surface area contributed by atoms with Crippen molar-refractivity contribution in [1.29, 1.82) is 0 Å². The number of nitrogens with zero attached hydrogens (tertiary/aromatic N) is 1. The largest absolute Gasteiger partial charge is 0.308 e. The number of thioether (sulfide) groups is 1. The molecule has 2 N–H and O–H groups in total. The summed E-state index contributed by atoms with van der Waals surface area (Å²) in [4.78, 5) is 13.0. The molecular formula is C13H15N3OS. The van der Waals surface area contributed by atoms with Crippen LogP contribution in [0.3, 0.4) is 0 Å². The second-order valence-corrected chi connectivity index (χ2v) is 5.44. The molecule has 2 rings (SSSR count). The number of carbonyl (C=O) groups excluding carboxylic acids is 1. The van der Waals surface area contributed by atoms with E-state index in [4.69, 9.17) is 0 Å². The minimum absolute atomic E-state index is 0.0484. The van der Waals surface area contributed by atoms with Crippen LogP contribution in [0.15, 0.2) is 41.4 Å². The summed E-state index contributed by atoms with van der Waals surface area (Å²) in [6.07, 6.45) is 1.67. The van der Waals surface area contributed by atoms with Crippen LogP contribution in [0.1, 0.15) is 12.5 Å². The molecule has 0 saturated carbocycles. The molecule has 18 heavy (non-hydrogen) atoms. The van der Waals surface area contributed by atoms with Gasteiger partial charge in [-0.25, -0.2) is 0 Å². The van der Waals surface area contributed by atoms with Gasteiger partial charge in [-0.05, 0) is 26.0 Å². The third kappa shape index (κ3) is 3.37. The van der Waals surface area contributed by atoms with E-state index in [1.54, 1.807) is 12.3 Å². The number of nitrogens with one attached hydrogen (secondary N) is 2. The molecular weight excluding hydrogens is 246 g/mol. The van der Waals surface area contributed by atoms with Gasteiger partial charge >= 0.3 is 0 Å². The van der Waals surface area contributed by atoms with Crippen LogP contribution in [0.5, 0.6) is 0 Å². The Kier molecular flexibility index (Phi) is 4.04. The number of H-pyrrole nitrogens is 1. The summed E-state index contributed by atoms with van der Waals surface area (Å²) < 4.78 is 0. The number of aromatic nitrogens is 2. The summed E-state index contributed by atoms with van der Waals surface area (Å²) in [5, 5.41) is 9.14. The lowest BCUT2D eigenvalue weighted by molar-refractivity contribution is -0.115. The van der Waals surface area contributed by atoms with Gasteiger partial charge in [-0.2, -0.15) is 5.10 Å². The van der Waals surface area contributed by atoms with Crippen molar-refractivity contribution >= 4 is 23.5 Å². The van der Waals surface area contributed by atoms with E-state index in [0.29, 0.717) is 5.82 Å². The second kappa shape index (κ2) is 5.73. The molecule has 0 aliphatic rings. The van der Waals surface area contributed by atoms with E-state index < -0.39 is 0 Å². The molecule has 1 amide bonds. The van der Waals surface area contributed by atoms with Gasteiger partial charge in [0.05, 0.1) is 5.25 Å². The van der Waals surface area contributed by atoms with Crippen molar-refractivity contribution < 1.29 is 4.79 Å². The Bertz CT molecular complexity index is 508. The van der Waals surface area contributed by atoms with Crippen LogP contribution >= 0.6 is 11.8 Å². The van der Waals surface area contributed by atoms with Crippen molar-refractivity contribution in [3.05, 3.63) is 42.1 Å². The van der Waals surface area contributed by atoms with E-state index >= 15 is 0 Å². The van der Waals surface area contributed by atoms with Crippen LogP contribution in [-0.2, 0) is 4.79 Å². The molecule has 1 heterocycles. The smallest absolute Gasteiger partial charge is 0.238 e. The van der Waals surface area contributed by atoms with E-state index in [0.717, 1.165) is 4.90 Å². The summed E-state index contributed by atoms with van der Waals surface area (Å²) in [6, 6.07) is 9.86. The second-order valence-electron chi connectivity index (χ2n) is 4.02. The van der Waals surface area contributed by atoms with Crippen LogP contribution in [-0.4, -0.2) is 21.4 Å². The van der Waals surface area contributed by atoms with Crippen LogP contribution in [0.4, 0.5) is 5.82 Å². The molecule has 2 aromatic rings. The molecule has 0 fully saturated rings. The van der Waals surface area contributed by atoms with Crippen molar-refractivity contribution in [1.82, 2.24) is 10.2 Å². The van der Waals surface area contributed by atoms with E-state index in [2.05, 4.69) is 15.5 Å². The lowest BCUT2D eigenvalue weighted by Crippen LogP contribution is -2.22. The fourth-order valence-corrected chi connectivity index (χ4v) is 2.30. The van der Waals surface area contributed by atoms with Gasteiger partial charge in [0.15, 0.2) is 5.82 Å². The van der Waals surface area contributed by atoms with E-state index in [1.165, 1.54) is 17.3 Å². The lowest BCUT2D eigenvalue weighted by Gasteiger charge is -2.10. The highest BCUT2D eigenvalue weighted by molar-refractivity contribution is 8.00. The Balaban J connectivity index is 1.93. The quantitative estimate of drug-likeness (QED) is 0.832. The molecule has 5 heteroatoms. The summed E-state index contributed by atoms with van der Waals surface area (Å²) >= 11 is 1.53. The highest BCUT2D eigenvalue weighted by atomic mass is 32.2. The molecule has 1 aromatic heterocycles. The van der Waals surface area contributed by atoms with Crippen molar-refractivity contribution in [3.8, 4) is 0 Å². The van der Waals surface area contributed by atoms with Crippen molar-refractivity contribution in [2.75, 3.05) is 5.32 Å². The normalized spacial score (nSPS) is 12.1. The average Bonchev–Trinajstić information content (AvgIpc) is 2.85. The first-order valence-electron chi connectivity index (χ1n) is 5.69. The zero-order valence-corrected chi connectivity index (χ0v) is 11.1. The molecule has 0 bridgehead atoms. The first kappa shape index (κ1) is 12.7. The lowest BCUT2D eigenvalue weighted by atomic mass is 10.2. The molecule has 0 radical (unpaired) electrons. The highest BCUT2D eigenvalue weighted by Gasteiger charge is 2.14. The Morgan fingerprint density at radius 3 is 2.67 bits per heavy atom. The van der Waals surface area contributed by atoms with Gasteiger partial charge in [-0.15, -0.1) is 11.8 Å². The molecule has 0 spiro atoms. The molecule has 0 aliphatic carbocycles. The van der Waals surface area contributed by atoms with Crippen LogP contribution in [0.25, 0.3) is 0 Å². The Morgan fingerprint density at radius 1 is 1.33 bits per heavy atom. The molecule has 4 nitrogen and oxygen atoms in total. The Hall–Kier alpha value is -1.75.